The molecule has 0 amide bonds. The van der Waals surface area contributed by atoms with Crippen LogP contribution >= 0.6 is 11.3 Å². The lowest BCUT2D eigenvalue weighted by molar-refractivity contribution is 0.589. The molecular formula is C27H22N6S. The highest BCUT2D eigenvalue weighted by molar-refractivity contribution is 7.13. The van der Waals surface area contributed by atoms with E-state index in [1.807, 2.05) is 41.8 Å². The zero-order valence-corrected chi connectivity index (χ0v) is 19.3. The Bertz CT molecular complexity index is 1470. The van der Waals surface area contributed by atoms with Crippen LogP contribution in [0.4, 0.5) is 5.69 Å². The largest absolute Gasteiger partial charge is 0.369 e. The number of rotatable bonds is 4. The van der Waals surface area contributed by atoms with Crippen molar-refractivity contribution in [3.63, 3.8) is 0 Å². The van der Waals surface area contributed by atoms with E-state index in [0.29, 0.717) is 16.9 Å². The van der Waals surface area contributed by atoms with Crippen molar-refractivity contribution >= 4 is 28.1 Å². The minimum atomic E-state index is 0.563. The molecule has 0 saturated carbocycles. The maximum atomic E-state index is 10.4. The van der Waals surface area contributed by atoms with Crippen molar-refractivity contribution in [3.8, 4) is 39.0 Å². The summed E-state index contributed by atoms with van der Waals surface area (Å²) in [5, 5.41) is 24.4. The smallest absolute Gasteiger partial charge is 0.157 e. The third kappa shape index (κ3) is 3.54. The first kappa shape index (κ1) is 20.6. The Morgan fingerprint density at radius 3 is 2.38 bits per heavy atom. The van der Waals surface area contributed by atoms with Crippen LogP contribution in [0, 0.1) is 11.3 Å². The van der Waals surface area contributed by atoms with Crippen molar-refractivity contribution in [2.45, 2.75) is 0 Å². The summed E-state index contributed by atoms with van der Waals surface area (Å²) >= 11 is 1.63. The molecular weight excluding hydrogens is 440 g/mol. The van der Waals surface area contributed by atoms with E-state index in [-0.39, 0.29) is 0 Å². The number of piperazine rings is 1. The molecule has 1 fully saturated rings. The molecule has 34 heavy (non-hydrogen) atoms. The normalized spacial score (nSPS) is 13.8. The van der Waals surface area contributed by atoms with Crippen molar-refractivity contribution < 1.29 is 0 Å². The topological polar surface area (TPSA) is 80.6 Å². The first-order valence-corrected chi connectivity index (χ1v) is 12.2. The molecule has 2 N–H and O–H groups in total. The van der Waals surface area contributed by atoms with E-state index in [1.165, 1.54) is 5.69 Å². The van der Waals surface area contributed by atoms with Gasteiger partial charge >= 0.3 is 0 Å². The quantitative estimate of drug-likeness (QED) is 0.379. The second-order valence-corrected chi connectivity index (χ2v) is 9.19. The van der Waals surface area contributed by atoms with Crippen LogP contribution in [0.2, 0.25) is 0 Å². The van der Waals surface area contributed by atoms with Crippen molar-refractivity contribution in [2.24, 2.45) is 0 Å². The SMILES string of the molecule is N#Cc1c(-c2ccccc2)nc2[nH]nc(-c3cccs3)c2c1-c1ccc(N2CCNCC2)cc1. The number of pyridine rings is 1. The predicted molar refractivity (Wildman–Crippen MR) is 138 cm³/mol. The molecule has 3 aromatic heterocycles. The van der Waals surface area contributed by atoms with E-state index < -0.39 is 0 Å². The fraction of sp³-hybridized carbons (Fsp3) is 0.148. The van der Waals surface area contributed by atoms with Crippen LogP contribution in [0.3, 0.4) is 0 Å². The van der Waals surface area contributed by atoms with Crippen LogP contribution in [0.5, 0.6) is 0 Å². The fourth-order valence-electron chi connectivity index (χ4n) is 4.62. The number of nitrogens with zero attached hydrogens (tertiary/aromatic N) is 4. The maximum absolute atomic E-state index is 10.4. The molecule has 0 aliphatic carbocycles. The zero-order chi connectivity index (χ0) is 22.9. The highest BCUT2D eigenvalue weighted by atomic mass is 32.1. The lowest BCUT2D eigenvalue weighted by atomic mass is 9.93. The Hall–Kier alpha value is -3.99. The van der Waals surface area contributed by atoms with Gasteiger partial charge in [0, 0.05) is 43.0 Å². The van der Waals surface area contributed by atoms with Crippen molar-refractivity contribution in [1.82, 2.24) is 20.5 Å². The first-order valence-electron chi connectivity index (χ1n) is 11.3. The van der Waals surface area contributed by atoms with Crippen LogP contribution in [0.1, 0.15) is 5.56 Å². The summed E-state index contributed by atoms with van der Waals surface area (Å²) in [4.78, 5) is 8.30. The molecule has 0 unspecified atom stereocenters. The molecule has 0 atom stereocenters. The molecule has 5 aromatic rings. The Morgan fingerprint density at radius 1 is 0.882 bits per heavy atom. The van der Waals surface area contributed by atoms with Gasteiger partial charge in [-0.15, -0.1) is 11.3 Å². The number of anilines is 1. The van der Waals surface area contributed by atoms with Crippen molar-refractivity contribution in [3.05, 3.63) is 77.7 Å². The van der Waals surface area contributed by atoms with Gasteiger partial charge in [-0.3, -0.25) is 5.10 Å². The van der Waals surface area contributed by atoms with E-state index >= 15 is 0 Å². The summed E-state index contributed by atoms with van der Waals surface area (Å²) in [5.41, 5.74) is 6.70. The van der Waals surface area contributed by atoms with Crippen LogP contribution in [0.15, 0.2) is 72.1 Å². The molecule has 1 aliphatic rings. The van der Waals surface area contributed by atoms with Crippen LogP contribution in [0.25, 0.3) is 44.0 Å². The van der Waals surface area contributed by atoms with Gasteiger partial charge in [0.2, 0.25) is 0 Å². The standard InChI is InChI=1S/C27H22N6S/c28-17-21-23(18-8-10-20(11-9-18)33-14-12-29-13-15-33)24-26(22-7-4-16-34-22)31-32-27(24)30-25(21)19-5-2-1-3-6-19/h1-11,16,29H,12-15H2,(H,30,31,32). The number of hydrogen-bond donors (Lipinski definition) is 2. The number of aromatic amines is 1. The summed E-state index contributed by atoms with van der Waals surface area (Å²) in [6.45, 7) is 3.96. The Labute approximate surface area is 201 Å². The minimum Gasteiger partial charge on any atom is -0.369 e. The molecule has 166 valence electrons. The molecule has 1 saturated heterocycles. The average molecular weight is 463 g/mol. The Morgan fingerprint density at radius 2 is 1.68 bits per heavy atom. The van der Waals surface area contributed by atoms with Crippen LogP contribution < -0.4 is 10.2 Å². The van der Waals surface area contributed by atoms with E-state index in [1.54, 1.807) is 11.3 Å². The van der Waals surface area contributed by atoms with Crippen molar-refractivity contribution in [1.29, 1.82) is 5.26 Å². The average Bonchev–Trinajstić information content (AvgIpc) is 3.59. The summed E-state index contributed by atoms with van der Waals surface area (Å²) in [7, 11) is 0. The van der Waals surface area contributed by atoms with Crippen LogP contribution in [-0.4, -0.2) is 41.4 Å². The molecule has 0 bridgehead atoms. The number of hydrogen-bond acceptors (Lipinski definition) is 6. The number of benzene rings is 2. The second-order valence-electron chi connectivity index (χ2n) is 8.25. The number of nitrogens with one attached hydrogen (secondary N) is 2. The summed E-state index contributed by atoms with van der Waals surface area (Å²) < 4.78 is 0. The van der Waals surface area contributed by atoms with Gasteiger partial charge in [-0.05, 0) is 29.1 Å². The molecule has 6 nitrogen and oxygen atoms in total. The molecule has 7 heteroatoms. The van der Waals surface area contributed by atoms with Crippen LogP contribution in [-0.2, 0) is 0 Å². The zero-order valence-electron chi connectivity index (χ0n) is 18.5. The number of aromatic nitrogens is 3. The molecule has 1 aliphatic heterocycles. The van der Waals surface area contributed by atoms with Gasteiger partial charge in [0.05, 0.1) is 21.5 Å². The molecule has 4 heterocycles. The molecule has 0 spiro atoms. The van der Waals surface area contributed by atoms with Gasteiger partial charge in [0.15, 0.2) is 5.65 Å². The maximum Gasteiger partial charge on any atom is 0.157 e. The van der Waals surface area contributed by atoms with Gasteiger partial charge in [0.1, 0.15) is 11.8 Å². The molecule has 2 aromatic carbocycles. The van der Waals surface area contributed by atoms with Gasteiger partial charge in [0.25, 0.3) is 0 Å². The van der Waals surface area contributed by atoms with E-state index in [0.717, 1.165) is 58.8 Å². The highest BCUT2D eigenvalue weighted by Crippen LogP contribution is 2.41. The number of fused-ring (bicyclic) bond motifs is 1. The predicted octanol–water partition coefficient (Wildman–Crippen LogP) is 5.30. The van der Waals surface area contributed by atoms with Gasteiger partial charge in [-0.1, -0.05) is 48.5 Å². The third-order valence-corrected chi connectivity index (χ3v) is 7.14. The minimum absolute atomic E-state index is 0.563. The van der Waals surface area contributed by atoms with E-state index in [4.69, 9.17) is 4.98 Å². The molecule has 6 rings (SSSR count). The summed E-state index contributed by atoms with van der Waals surface area (Å²) in [6, 6.07) is 25.0. The van der Waals surface area contributed by atoms with Crippen molar-refractivity contribution in [2.75, 3.05) is 31.1 Å². The third-order valence-electron chi connectivity index (χ3n) is 6.26. The number of nitriles is 1. The summed E-state index contributed by atoms with van der Waals surface area (Å²) in [5.74, 6) is 0. The Kier molecular flexibility index (Phi) is 5.30. The fourth-order valence-corrected chi connectivity index (χ4v) is 5.34. The number of thiophene rings is 1. The van der Waals surface area contributed by atoms with Gasteiger partial charge in [-0.25, -0.2) is 4.98 Å². The van der Waals surface area contributed by atoms with Gasteiger partial charge in [-0.2, -0.15) is 10.4 Å². The first-order chi connectivity index (χ1) is 16.8. The number of H-pyrrole nitrogens is 1. The second kappa shape index (κ2) is 8.75. The van der Waals surface area contributed by atoms with E-state index in [2.05, 4.69) is 56.8 Å². The summed E-state index contributed by atoms with van der Waals surface area (Å²) in [6.07, 6.45) is 0. The van der Waals surface area contributed by atoms with Gasteiger partial charge < -0.3 is 10.2 Å². The lowest BCUT2D eigenvalue weighted by Gasteiger charge is -2.29. The van der Waals surface area contributed by atoms with E-state index in [9.17, 15) is 5.26 Å². The highest BCUT2D eigenvalue weighted by Gasteiger charge is 2.23. The monoisotopic (exact) mass is 462 g/mol. The lowest BCUT2D eigenvalue weighted by Crippen LogP contribution is -2.43. The molecule has 0 radical (unpaired) electrons. The Balaban J connectivity index is 1.59.